The number of hydrogen-bond donors (Lipinski definition) is 1. The normalized spacial score (nSPS) is 19.3. The Bertz CT molecular complexity index is 980. The molecule has 1 aromatic carbocycles. The first kappa shape index (κ1) is 23.5. The van der Waals surface area contributed by atoms with E-state index in [2.05, 4.69) is 4.98 Å². The van der Waals surface area contributed by atoms with Gasteiger partial charge >= 0.3 is 0 Å². The van der Waals surface area contributed by atoms with E-state index in [1.165, 1.54) is 6.92 Å². The molecule has 2 heterocycles. The lowest BCUT2D eigenvalue weighted by Gasteiger charge is -2.37. The first-order chi connectivity index (χ1) is 15.2. The van der Waals surface area contributed by atoms with Gasteiger partial charge in [0.2, 0.25) is 11.8 Å². The predicted molar refractivity (Wildman–Crippen MR) is 121 cm³/mol. The second-order valence-corrected chi connectivity index (χ2v) is 8.33. The highest BCUT2D eigenvalue weighted by Crippen LogP contribution is 2.31. The van der Waals surface area contributed by atoms with Gasteiger partial charge in [-0.3, -0.25) is 9.59 Å². The van der Waals surface area contributed by atoms with Gasteiger partial charge in [0, 0.05) is 38.2 Å². The highest BCUT2D eigenvalue weighted by atomic mass is 16.5. The highest BCUT2D eigenvalue weighted by molar-refractivity contribution is 5.98. The number of aromatic nitrogens is 1. The maximum Gasteiger partial charge on any atom is 0.259 e. The topological polar surface area (TPSA) is 92.2 Å². The third kappa shape index (κ3) is 5.02. The van der Waals surface area contributed by atoms with Crippen molar-refractivity contribution in [3.05, 3.63) is 42.1 Å². The Morgan fingerprint density at radius 2 is 2.12 bits per heavy atom. The van der Waals surface area contributed by atoms with Crippen LogP contribution in [0.25, 0.3) is 11.1 Å². The van der Waals surface area contributed by atoms with E-state index < -0.39 is 0 Å². The minimum atomic E-state index is -0.373. The summed E-state index contributed by atoms with van der Waals surface area (Å²) in [5, 5.41) is 9.77. The predicted octanol–water partition coefficient (Wildman–Crippen LogP) is 2.46. The minimum Gasteiger partial charge on any atom is -0.497 e. The summed E-state index contributed by atoms with van der Waals surface area (Å²) in [5.41, 5.74) is 1.94. The summed E-state index contributed by atoms with van der Waals surface area (Å²) in [7, 11) is 3.32. The van der Waals surface area contributed by atoms with Gasteiger partial charge in [-0.25, -0.2) is 4.98 Å². The number of aliphatic hydroxyl groups is 1. The molecule has 2 aromatic rings. The second-order valence-electron chi connectivity index (χ2n) is 8.33. The fraction of sp³-hybridized carbons (Fsp3) is 0.458. The molecule has 0 aliphatic carbocycles. The van der Waals surface area contributed by atoms with Crippen LogP contribution < -0.4 is 9.47 Å². The zero-order valence-electron chi connectivity index (χ0n) is 19.2. The molecular formula is C24H31N3O5. The molecule has 0 radical (unpaired) electrons. The van der Waals surface area contributed by atoms with E-state index in [4.69, 9.17) is 9.47 Å². The van der Waals surface area contributed by atoms with Crippen LogP contribution >= 0.6 is 0 Å². The largest absolute Gasteiger partial charge is 0.497 e. The van der Waals surface area contributed by atoms with E-state index in [-0.39, 0.29) is 42.4 Å². The molecule has 32 heavy (non-hydrogen) atoms. The smallest absolute Gasteiger partial charge is 0.259 e. The third-order valence-corrected chi connectivity index (χ3v) is 5.92. The summed E-state index contributed by atoms with van der Waals surface area (Å²) in [6.45, 7) is 5.88. The molecule has 0 saturated heterocycles. The molecule has 0 bridgehead atoms. The maximum absolute atomic E-state index is 13.5. The molecule has 0 saturated carbocycles. The Morgan fingerprint density at radius 1 is 1.38 bits per heavy atom. The summed E-state index contributed by atoms with van der Waals surface area (Å²) in [4.78, 5) is 33.0. The quantitative estimate of drug-likeness (QED) is 0.740. The number of benzene rings is 1. The van der Waals surface area contributed by atoms with Gasteiger partial charge < -0.3 is 24.4 Å². The molecule has 3 rings (SSSR count). The van der Waals surface area contributed by atoms with Crippen molar-refractivity contribution in [2.45, 2.75) is 32.9 Å². The summed E-state index contributed by atoms with van der Waals surface area (Å²) in [6.07, 6.45) is 1.30. The lowest BCUT2D eigenvalue weighted by atomic mass is 9.99. The summed E-state index contributed by atoms with van der Waals surface area (Å²) in [5.74, 6) is 0.534. The van der Waals surface area contributed by atoms with E-state index in [9.17, 15) is 14.7 Å². The van der Waals surface area contributed by atoms with Gasteiger partial charge in [0.05, 0.1) is 26.3 Å². The van der Waals surface area contributed by atoms with Crippen molar-refractivity contribution in [2.75, 3.05) is 33.9 Å². The molecule has 0 unspecified atom stereocenters. The molecule has 3 atom stereocenters. The number of ether oxygens (including phenoxy) is 2. The molecule has 172 valence electrons. The maximum atomic E-state index is 13.5. The molecule has 1 aliphatic rings. The number of carbonyl (C=O) groups is 2. The number of pyridine rings is 1. The summed E-state index contributed by atoms with van der Waals surface area (Å²) in [6, 6.07) is 8.90. The number of likely N-dealkylation sites (N-methyl/N-ethyl adjacent to an activating group) is 1. The summed E-state index contributed by atoms with van der Waals surface area (Å²) < 4.78 is 11.5. The van der Waals surface area contributed by atoms with Crippen LogP contribution in [0.3, 0.4) is 0 Å². The average molecular weight is 442 g/mol. The van der Waals surface area contributed by atoms with Crippen LogP contribution in [0, 0.1) is 5.92 Å². The zero-order valence-corrected chi connectivity index (χ0v) is 19.2. The van der Waals surface area contributed by atoms with Crippen molar-refractivity contribution in [3.8, 4) is 22.8 Å². The zero-order chi connectivity index (χ0) is 23.4. The van der Waals surface area contributed by atoms with E-state index in [1.54, 1.807) is 36.2 Å². The third-order valence-electron chi connectivity index (χ3n) is 5.92. The standard InChI is InChI=1S/C24H31N3O5/c1-15-12-27(16(2)14-28)24(30)21-10-19(18-7-6-8-20(9-18)31-5)11-25-23(21)32-22(15)13-26(4)17(3)29/h6-11,15-16,22,28H,12-14H2,1-5H3/t15-,16+,22-/m0/s1. The van der Waals surface area contributed by atoms with E-state index in [0.717, 1.165) is 11.1 Å². The van der Waals surface area contributed by atoms with E-state index in [1.807, 2.05) is 38.1 Å². The summed E-state index contributed by atoms with van der Waals surface area (Å²) >= 11 is 0. The Kier molecular flexibility index (Phi) is 7.35. The fourth-order valence-electron chi connectivity index (χ4n) is 3.68. The molecule has 8 heteroatoms. The minimum absolute atomic E-state index is 0.0685. The fourth-order valence-corrected chi connectivity index (χ4v) is 3.68. The molecule has 1 aromatic heterocycles. The average Bonchev–Trinajstić information content (AvgIpc) is 2.80. The number of methoxy groups -OCH3 is 1. The van der Waals surface area contributed by atoms with Crippen molar-refractivity contribution in [1.29, 1.82) is 0 Å². The van der Waals surface area contributed by atoms with Gasteiger partial charge in [-0.15, -0.1) is 0 Å². The molecule has 1 N–H and O–H groups in total. The SMILES string of the molecule is COc1cccc(-c2cnc3c(c2)C(=O)N([C@H](C)CO)C[C@H](C)[C@H](CN(C)C(C)=O)O3)c1. The van der Waals surface area contributed by atoms with Gasteiger partial charge in [-0.2, -0.15) is 0 Å². The Balaban J connectivity index is 2.06. The van der Waals surface area contributed by atoms with E-state index >= 15 is 0 Å². The number of amides is 2. The van der Waals surface area contributed by atoms with Crippen molar-refractivity contribution >= 4 is 11.8 Å². The van der Waals surface area contributed by atoms with Gasteiger partial charge in [-0.1, -0.05) is 19.1 Å². The molecule has 1 aliphatic heterocycles. The van der Waals surface area contributed by atoms with Crippen LogP contribution in [0.5, 0.6) is 11.6 Å². The van der Waals surface area contributed by atoms with Crippen molar-refractivity contribution in [3.63, 3.8) is 0 Å². The Labute approximate surface area is 188 Å². The number of aliphatic hydroxyl groups excluding tert-OH is 1. The van der Waals surface area contributed by atoms with Gasteiger partial charge in [0.1, 0.15) is 17.4 Å². The van der Waals surface area contributed by atoms with Gasteiger partial charge in [0.25, 0.3) is 5.91 Å². The molecule has 0 spiro atoms. The van der Waals surface area contributed by atoms with Crippen molar-refractivity contribution in [2.24, 2.45) is 5.92 Å². The Morgan fingerprint density at radius 3 is 2.78 bits per heavy atom. The van der Waals surface area contributed by atoms with Crippen LogP contribution in [0.15, 0.2) is 36.5 Å². The number of rotatable bonds is 6. The van der Waals surface area contributed by atoms with E-state index in [0.29, 0.717) is 24.4 Å². The number of fused-ring (bicyclic) bond motifs is 1. The molecule has 8 nitrogen and oxygen atoms in total. The van der Waals surface area contributed by atoms with Crippen LogP contribution in [0.1, 0.15) is 31.1 Å². The monoisotopic (exact) mass is 441 g/mol. The van der Waals surface area contributed by atoms with Gasteiger partial charge in [0.15, 0.2) is 0 Å². The second kappa shape index (κ2) is 9.99. The van der Waals surface area contributed by atoms with Crippen LogP contribution in [0.4, 0.5) is 0 Å². The van der Waals surface area contributed by atoms with Crippen LogP contribution in [0.2, 0.25) is 0 Å². The number of carbonyl (C=O) groups excluding carboxylic acids is 2. The lowest BCUT2D eigenvalue weighted by Crippen LogP contribution is -2.50. The lowest BCUT2D eigenvalue weighted by molar-refractivity contribution is -0.129. The van der Waals surface area contributed by atoms with Crippen LogP contribution in [-0.2, 0) is 4.79 Å². The highest BCUT2D eigenvalue weighted by Gasteiger charge is 2.34. The number of nitrogens with zero attached hydrogens (tertiary/aromatic N) is 3. The molecule has 0 fully saturated rings. The van der Waals surface area contributed by atoms with Crippen molar-refractivity contribution in [1.82, 2.24) is 14.8 Å². The van der Waals surface area contributed by atoms with Crippen LogP contribution in [-0.4, -0.2) is 77.7 Å². The molecular weight excluding hydrogens is 410 g/mol. The molecule has 2 amide bonds. The van der Waals surface area contributed by atoms with Gasteiger partial charge in [-0.05, 0) is 30.7 Å². The Hall–Kier alpha value is -3.13. The first-order valence-electron chi connectivity index (χ1n) is 10.7. The number of hydrogen-bond acceptors (Lipinski definition) is 6. The first-order valence-corrected chi connectivity index (χ1v) is 10.7. The van der Waals surface area contributed by atoms with Crippen molar-refractivity contribution < 1.29 is 24.2 Å².